The molecule has 0 aromatic heterocycles. The Bertz CT molecular complexity index is 377. The molecule has 0 heterocycles. The van der Waals surface area contributed by atoms with Gasteiger partial charge in [-0.3, -0.25) is 30.3 Å². The summed E-state index contributed by atoms with van der Waals surface area (Å²) in [4.78, 5) is 26.7. The van der Waals surface area contributed by atoms with Crippen molar-refractivity contribution in [1.82, 2.24) is 0 Å². The van der Waals surface area contributed by atoms with Crippen molar-refractivity contribution in [3.05, 3.63) is 60.7 Å². The van der Waals surface area contributed by atoms with Crippen LogP contribution in [0.5, 0.6) is 0 Å². The zero-order valence-electron chi connectivity index (χ0n) is 9.88. The first-order chi connectivity index (χ1) is 8.31. The predicted octanol–water partition coefficient (Wildman–Crippen LogP) is 1.77. The van der Waals surface area contributed by atoms with Gasteiger partial charge in [-0.1, -0.05) is 18.2 Å². The number of nitro groups is 3. The standard InChI is InChI=1S/C6H5NO2.C2H5NO2.CH3NO2/c8-7(9)6-4-2-1-3-5-6;1-2-3(4)5;1-2(3)4/h1-5H;2H2,1H3;1H3. The highest BCUT2D eigenvalue weighted by Crippen LogP contribution is 2.06. The summed E-state index contributed by atoms with van der Waals surface area (Å²) in [5.41, 5.74) is 0.137. The summed E-state index contributed by atoms with van der Waals surface area (Å²) in [6, 6.07) is 7.93. The Morgan fingerprint density at radius 3 is 1.50 bits per heavy atom. The van der Waals surface area contributed by atoms with Crippen LogP contribution < -0.4 is 0 Å². The minimum Gasteiger partial charge on any atom is -0.265 e. The highest BCUT2D eigenvalue weighted by Gasteiger charge is 1.98. The normalized spacial score (nSPS) is 7.89. The number of rotatable bonds is 2. The molecule has 0 amide bonds. The quantitative estimate of drug-likeness (QED) is 0.587. The van der Waals surface area contributed by atoms with E-state index in [0.717, 1.165) is 7.05 Å². The fourth-order valence-electron chi connectivity index (χ4n) is 0.550. The number of nitro benzene ring substituents is 1. The van der Waals surface area contributed by atoms with E-state index in [4.69, 9.17) is 10.1 Å². The molecule has 0 aliphatic carbocycles. The summed E-state index contributed by atoms with van der Waals surface area (Å²) in [6.07, 6.45) is 0. The molecule has 0 radical (unpaired) electrons. The smallest absolute Gasteiger partial charge is 0.265 e. The number of non-ortho nitro benzene ring substituents is 1. The van der Waals surface area contributed by atoms with E-state index in [1.165, 1.54) is 19.1 Å². The van der Waals surface area contributed by atoms with Crippen molar-refractivity contribution in [1.29, 1.82) is 0 Å². The van der Waals surface area contributed by atoms with Crippen LogP contribution in [-0.2, 0) is 0 Å². The molecule has 0 aliphatic heterocycles. The summed E-state index contributed by atoms with van der Waals surface area (Å²) in [6.45, 7) is 1.53. The van der Waals surface area contributed by atoms with Crippen LogP contribution in [0, 0.1) is 30.3 Å². The summed E-state index contributed by atoms with van der Waals surface area (Å²) >= 11 is 0. The Hall–Kier alpha value is -2.58. The van der Waals surface area contributed by atoms with Crippen molar-refractivity contribution in [2.24, 2.45) is 0 Å². The third-order valence-electron chi connectivity index (χ3n) is 1.23. The molecule has 0 N–H and O–H groups in total. The maximum Gasteiger partial charge on any atom is 0.269 e. The van der Waals surface area contributed by atoms with Gasteiger partial charge in [0, 0.05) is 28.9 Å². The van der Waals surface area contributed by atoms with E-state index in [0.29, 0.717) is 0 Å². The first-order valence-corrected chi connectivity index (χ1v) is 4.70. The molecule has 0 saturated heterocycles. The Morgan fingerprint density at radius 2 is 1.33 bits per heavy atom. The van der Waals surface area contributed by atoms with Gasteiger partial charge in [-0.25, -0.2) is 0 Å². The van der Waals surface area contributed by atoms with Gasteiger partial charge in [-0.05, 0) is 0 Å². The fraction of sp³-hybridized carbons (Fsp3) is 0.333. The van der Waals surface area contributed by atoms with E-state index >= 15 is 0 Å². The molecule has 9 heteroatoms. The van der Waals surface area contributed by atoms with Gasteiger partial charge in [0.05, 0.1) is 4.92 Å². The van der Waals surface area contributed by atoms with Crippen LogP contribution in [0.1, 0.15) is 6.92 Å². The van der Waals surface area contributed by atoms with Crippen LogP contribution in [0.3, 0.4) is 0 Å². The van der Waals surface area contributed by atoms with Crippen molar-refractivity contribution in [3.63, 3.8) is 0 Å². The lowest BCUT2D eigenvalue weighted by atomic mass is 10.3. The van der Waals surface area contributed by atoms with Gasteiger partial charge in [0.1, 0.15) is 0 Å². The molecule has 1 rings (SSSR count). The average molecular weight is 259 g/mol. The lowest BCUT2D eigenvalue weighted by Gasteiger charge is -1.85. The topological polar surface area (TPSA) is 129 Å². The van der Waals surface area contributed by atoms with Crippen LogP contribution >= 0.6 is 0 Å². The monoisotopic (exact) mass is 259 g/mol. The molecule has 1 aromatic carbocycles. The van der Waals surface area contributed by atoms with Crippen molar-refractivity contribution < 1.29 is 14.8 Å². The molecule has 0 aliphatic rings. The predicted molar refractivity (Wildman–Crippen MR) is 63.6 cm³/mol. The molecule has 0 atom stereocenters. The third-order valence-corrected chi connectivity index (χ3v) is 1.23. The van der Waals surface area contributed by atoms with Gasteiger partial charge in [-0.2, -0.15) is 0 Å². The highest BCUT2D eigenvalue weighted by molar-refractivity contribution is 5.27. The summed E-state index contributed by atoms with van der Waals surface area (Å²) in [7, 11) is 0.889. The van der Waals surface area contributed by atoms with Crippen molar-refractivity contribution >= 4 is 5.69 Å². The van der Waals surface area contributed by atoms with Gasteiger partial charge >= 0.3 is 0 Å². The number of hydrogen-bond donors (Lipinski definition) is 0. The molecule has 1 aromatic rings. The number of para-hydroxylation sites is 1. The van der Waals surface area contributed by atoms with E-state index in [2.05, 4.69) is 0 Å². The van der Waals surface area contributed by atoms with Crippen molar-refractivity contribution in [3.8, 4) is 0 Å². The summed E-state index contributed by atoms with van der Waals surface area (Å²) in [5.74, 6) is 0. The number of nitrogens with zero attached hydrogens (tertiary/aromatic N) is 3. The van der Waals surface area contributed by atoms with Crippen molar-refractivity contribution in [2.45, 2.75) is 6.92 Å². The lowest BCUT2D eigenvalue weighted by Crippen LogP contribution is -1.92. The Labute approximate surface area is 102 Å². The molecule has 0 unspecified atom stereocenters. The second-order valence-corrected chi connectivity index (χ2v) is 2.68. The maximum absolute atomic E-state index is 10.0. The second kappa shape index (κ2) is 10.9. The highest BCUT2D eigenvalue weighted by atomic mass is 16.6. The van der Waals surface area contributed by atoms with Gasteiger partial charge < -0.3 is 0 Å². The van der Waals surface area contributed by atoms with Gasteiger partial charge in [0.15, 0.2) is 7.05 Å². The van der Waals surface area contributed by atoms with E-state index in [9.17, 15) is 20.2 Å². The lowest BCUT2D eigenvalue weighted by molar-refractivity contribution is -0.475. The van der Waals surface area contributed by atoms with Crippen LogP contribution in [-0.4, -0.2) is 28.4 Å². The summed E-state index contributed by atoms with van der Waals surface area (Å²) in [5, 5.41) is 28.0. The van der Waals surface area contributed by atoms with Crippen molar-refractivity contribution in [2.75, 3.05) is 13.6 Å². The fourth-order valence-corrected chi connectivity index (χ4v) is 0.550. The second-order valence-electron chi connectivity index (χ2n) is 2.68. The van der Waals surface area contributed by atoms with Crippen LogP contribution in [0.25, 0.3) is 0 Å². The van der Waals surface area contributed by atoms with Crippen LogP contribution in [0.15, 0.2) is 30.3 Å². The molecule has 100 valence electrons. The van der Waals surface area contributed by atoms with E-state index in [1.807, 2.05) is 0 Å². The molecular formula is C9H13N3O6. The molecule has 18 heavy (non-hydrogen) atoms. The Kier molecular flexibility index (Phi) is 10.8. The maximum atomic E-state index is 10.0. The van der Waals surface area contributed by atoms with E-state index in [-0.39, 0.29) is 17.2 Å². The van der Waals surface area contributed by atoms with E-state index in [1.54, 1.807) is 18.2 Å². The van der Waals surface area contributed by atoms with E-state index < -0.39 is 9.85 Å². The van der Waals surface area contributed by atoms with Gasteiger partial charge in [0.2, 0.25) is 6.54 Å². The first kappa shape index (κ1) is 17.8. The first-order valence-electron chi connectivity index (χ1n) is 4.70. The molecule has 0 bridgehead atoms. The number of hydrogen-bond acceptors (Lipinski definition) is 6. The Morgan fingerprint density at radius 1 is 1.00 bits per heavy atom. The Balaban J connectivity index is 0. The molecular weight excluding hydrogens is 246 g/mol. The zero-order valence-corrected chi connectivity index (χ0v) is 9.88. The third kappa shape index (κ3) is 15.9. The van der Waals surface area contributed by atoms with Crippen LogP contribution in [0.2, 0.25) is 0 Å². The minimum absolute atomic E-state index is 0.0278. The minimum atomic E-state index is -0.500. The molecule has 0 fully saturated rings. The zero-order chi connectivity index (χ0) is 14.6. The molecule has 0 saturated carbocycles. The SMILES string of the molecule is CC[N+](=O)[O-].C[N+](=O)[O-].O=[N+]([O-])c1ccccc1. The van der Waals surface area contributed by atoms with Crippen LogP contribution in [0.4, 0.5) is 5.69 Å². The molecule has 9 nitrogen and oxygen atoms in total. The largest absolute Gasteiger partial charge is 0.269 e. The van der Waals surface area contributed by atoms with Gasteiger partial charge in [0.25, 0.3) is 5.69 Å². The molecule has 0 spiro atoms. The average Bonchev–Trinajstić information content (AvgIpc) is 2.30. The summed E-state index contributed by atoms with van der Waals surface area (Å²) < 4.78 is 0. The van der Waals surface area contributed by atoms with Gasteiger partial charge in [-0.15, -0.1) is 0 Å². The number of benzene rings is 1.